The van der Waals surface area contributed by atoms with Gasteiger partial charge in [0, 0.05) is 0 Å². The van der Waals surface area contributed by atoms with Gasteiger partial charge in [-0.15, -0.1) is 0 Å². The second-order valence-electron chi connectivity index (χ2n) is 5.32. The Morgan fingerprint density at radius 2 is 1.52 bits per heavy atom. The fourth-order valence-corrected chi connectivity index (χ4v) is 2.51. The summed E-state index contributed by atoms with van der Waals surface area (Å²) in [4.78, 5) is 22.4. The monoisotopic (exact) mass is 292 g/mol. The first-order valence-corrected chi connectivity index (χ1v) is 7.66. The lowest BCUT2D eigenvalue weighted by atomic mass is 9.96. The van der Waals surface area contributed by atoms with Crippen molar-refractivity contribution in [3.05, 3.63) is 34.9 Å². The lowest BCUT2D eigenvalue weighted by Crippen LogP contribution is -2.11. The zero-order valence-electron chi connectivity index (χ0n) is 12.6. The highest BCUT2D eigenvalue weighted by atomic mass is 16.4. The number of carboxylic acid groups (broad SMARTS) is 2. The maximum absolute atomic E-state index is 11.3. The van der Waals surface area contributed by atoms with E-state index in [1.807, 2.05) is 0 Å². The van der Waals surface area contributed by atoms with E-state index in [4.69, 9.17) is 5.11 Å². The Morgan fingerprint density at radius 3 is 2.10 bits per heavy atom. The quantitative estimate of drug-likeness (QED) is 0.628. The Bertz CT molecular complexity index is 480. The summed E-state index contributed by atoms with van der Waals surface area (Å²) in [6.45, 7) is 2.18. The minimum absolute atomic E-state index is 0.0593. The molecule has 0 heterocycles. The van der Waals surface area contributed by atoms with Crippen LogP contribution in [0.4, 0.5) is 0 Å². The summed E-state index contributed by atoms with van der Waals surface area (Å²) in [6, 6.07) is 4.68. The van der Waals surface area contributed by atoms with E-state index in [-0.39, 0.29) is 11.1 Å². The summed E-state index contributed by atoms with van der Waals surface area (Å²) < 4.78 is 0. The van der Waals surface area contributed by atoms with E-state index < -0.39 is 11.9 Å². The molecule has 0 aromatic heterocycles. The van der Waals surface area contributed by atoms with Gasteiger partial charge in [-0.3, -0.25) is 0 Å². The van der Waals surface area contributed by atoms with Crippen LogP contribution < -0.4 is 0 Å². The molecule has 4 nitrogen and oxygen atoms in total. The third-order valence-corrected chi connectivity index (χ3v) is 3.64. The number of hydrogen-bond acceptors (Lipinski definition) is 2. The van der Waals surface area contributed by atoms with Gasteiger partial charge >= 0.3 is 11.9 Å². The fourth-order valence-electron chi connectivity index (χ4n) is 2.51. The molecule has 21 heavy (non-hydrogen) atoms. The summed E-state index contributed by atoms with van der Waals surface area (Å²) in [5.74, 6) is -2.35. The van der Waals surface area contributed by atoms with Crippen LogP contribution in [0.5, 0.6) is 0 Å². The molecule has 1 aromatic rings. The molecule has 0 amide bonds. The van der Waals surface area contributed by atoms with Gasteiger partial charge in [0.2, 0.25) is 0 Å². The van der Waals surface area contributed by atoms with Crippen molar-refractivity contribution in [3.8, 4) is 0 Å². The van der Waals surface area contributed by atoms with Crippen LogP contribution in [0.25, 0.3) is 0 Å². The minimum atomic E-state index is -1.19. The molecule has 2 N–H and O–H groups in total. The lowest BCUT2D eigenvalue weighted by molar-refractivity contribution is 0.0650. The molecule has 4 heteroatoms. The highest BCUT2D eigenvalue weighted by Crippen LogP contribution is 2.18. The smallest absolute Gasteiger partial charge is 0.336 e. The summed E-state index contributed by atoms with van der Waals surface area (Å²) in [6.07, 6.45) is 8.70. The zero-order valence-corrected chi connectivity index (χ0v) is 12.6. The largest absolute Gasteiger partial charge is 0.478 e. The number of aryl methyl sites for hydroxylation is 1. The standard InChI is InChI=1S/C17H24O4/c1-2-3-4-5-6-7-8-10-13-11-9-12-14(16(18)19)15(13)17(20)21/h9,11-12H,2-8,10H2,1H3,(H,18,19)(H,20,21). The van der Waals surface area contributed by atoms with Crippen LogP contribution in [0, 0.1) is 0 Å². The van der Waals surface area contributed by atoms with Gasteiger partial charge in [-0.05, 0) is 24.5 Å². The third kappa shape index (κ3) is 5.58. The van der Waals surface area contributed by atoms with E-state index in [9.17, 15) is 14.7 Å². The maximum atomic E-state index is 11.3. The summed E-state index contributed by atoms with van der Waals surface area (Å²) in [5, 5.41) is 18.3. The van der Waals surface area contributed by atoms with Gasteiger partial charge in [0.25, 0.3) is 0 Å². The topological polar surface area (TPSA) is 74.6 Å². The third-order valence-electron chi connectivity index (χ3n) is 3.64. The molecule has 116 valence electrons. The highest BCUT2D eigenvalue weighted by Gasteiger charge is 2.19. The van der Waals surface area contributed by atoms with Crippen molar-refractivity contribution in [2.45, 2.75) is 58.3 Å². The van der Waals surface area contributed by atoms with E-state index >= 15 is 0 Å². The van der Waals surface area contributed by atoms with Crippen molar-refractivity contribution in [2.75, 3.05) is 0 Å². The molecular weight excluding hydrogens is 268 g/mol. The van der Waals surface area contributed by atoms with Crippen LogP contribution in [0.2, 0.25) is 0 Å². The Hall–Kier alpha value is -1.84. The molecular formula is C17H24O4. The minimum Gasteiger partial charge on any atom is -0.478 e. The Morgan fingerprint density at radius 1 is 0.905 bits per heavy atom. The summed E-state index contributed by atoms with van der Waals surface area (Å²) >= 11 is 0. The van der Waals surface area contributed by atoms with Gasteiger partial charge in [0.1, 0.15) is 0 Å². The predicted molar refractivity (Wildman–Crippen MR) is 82.1 cm³/mol. The molecule has 0 saturated heterocycles. The van der Waals surface area contributed by atoms with E-state index in [1.54, 1.807) is 12.1 Å². The van der Waals surface area contributed by atoms with E-state index in [0.29, 0.717) is 12.0 Å². The molecule has 0 atom stereocenters. The molecule has 0 saturated carbocycles. The second kappa shape index (κ2) is 9.16. The fraction of sp³-hybridized carbons (Fsp3) is 0.529. The van der Waals surface area contributed by atoms with Gasteiger partial charge in [-0.2, -0.15) is 0 Å². The van der Waals surface area contributed by atoms with Crippen molar-refractivity contribution in [1.29, 1.82) is 0 Å². The second-order valence-corrected chi connectivity index (χ2v) is 5.32. The van der Waals surface area contributed by atoms with E-state index in [1.165, 1.54) is 31.7 Å². The lowest BCUT2D eigenvalue weighted by Gasteiger charge is -2.09. The summed E-state index contributed by atoms with van der Waals surface area (Å²) in [7, 11) is 0. The molecule has 0 aliphatic carbocycles. The van der Waals surface area contributed by atoms with Gasteiger partial charge in [0.15, 0.2) is 0 Å². The average molecular weight is 292 g/mol. The maximum Gasteiger partial charge on any atom is 0.336 e. The number of benzene rings is 1. The Kier molecular flexibility index (Phi) is 7.51. The van der Waals surface area contributed by atoms with Crippen LogP contribution in [-0.2, 0) is 6.42 Å². The number of carboxylic acids is 2. The molecule has 1 rings (SSSR count). The van der Waals surface area contributed by atoms with Gasteiger partial charge < -0.3 is 10.2 Å². The molecule has 0 aliphatic heterocycles. The molecule has 0 aliphatic rings. The first-order valence-electron chi connectivity index (χ1n) is 7.66. The van der Waals surface area contributed by atoms with Crippen molar-refractivity contribution >= 4 is 11.9 Å². The first kappa shape index (κ1) is 17.2. The number of rotatable bonds is 10. The number of hydrogen-bond donors (Lipinski definition) is 2. The average Bonchev–Trinajstić information content (AvgIpc) is 2.45. The predicted octanol–water partition coefficient (Wildman–Crippen LogP) is 4.38. The highest BCUT2D eigenvalue weighted by molar-refractivity contribution is 6.02. The van der Waals surface area contributed by atoms with Crippen molar-refractivity contribution in [1.82, 2.24) is 0 Å². The number of carbonyl (C=O) groups is 2. The van der Waals surface area contributed by atoms with Crippen molar-refractivity contribution in [3.63, 3.8) is 0 Å². The van der Waals surface area contributed by atoms with Crippen LogP contribution in [-0.4, -0.2) is 22.2 Å². The molecule has 0 radical (unpaired) electrons. The van der Waals surface area contributed by atoms with Gasteiger partial charge in [-0.25, -0.2) is 9.59 Å². The van der Waals surface area contributed by atoms with Crippen LogP contribution in [0.1, 0.15) is 78.1 Å². The Balaban J connectivity index is 2.57. The van der Waals surface area contributed by atoms with Crippen LogP contribution in [0.3, 0.4) is 0 Å². The molecule has 0 fully saturated rings. The van der Waals surface area contributed by atoms with Gasteiger partial charge in [-0.1, -0.05) is 57.6 Å². The molecule has 0 bridgehead atoms. The SMILES string of the molecule is CCCCCCCCCc1cccc(C(=O)O)c1C(=O)O. The molecule has 0 unspecified atom stereocenters. The molecule has 1 aromatic carbocycles. The normalized spacial score (nSPS) is 10.5. The van der Waals surface area contributed by atoms with Crippen LogP contribution in [0.15, 0.2) is 18.2 Å². The van der Waals surface area contributed by atoms with Gasteiger partial charge in [0.05, 0.1) is 11.1 Å². The number of aromatic carboxylic acids is 2. The number of unbranched alkanes of at least 4 members (excludes halogenated alkanes) is 6. The van der Waals surface area contributed by atoms with Crippen LogP contribution >= 0.6 is 0 Å². The molecule has 0 spiro atoms. The van der Waals surface area contributed by atoms with E-state index in [0.717, 1.165) is 19.3 Å². The van der Waals surface area contributed by atoms with Crippen molar-refractivity contribution in [2.24, 2.45) is 0 Å². The zero-order chi connectivity index (χ0) is 15.7. The van der Waals surface area contributed by atoms with Crippen molar-refractivity contribution < 1.29 is 19.8 Å². The first-order chi connectivity index (χ1) is 10.1. The Labute approximate surface area is 125 Å². The van der Waals surface area contributed by atoms with E-state index in [2.05, 4.69) is 6.92 Å². The summed E-state index contributed by atoms with van der Waals surface area (Å²) in [5.41, 5.74) is 0.440.